The van der Waals surface area contributed by atoms with E-state index < -0.39 is 0 Å². The summed E-state index contributed by atoms with van der Waals surface area (Å²) in [4.78, 5) is 20.9. The second kappa shape index (κ2) is 6.29. The number of nitrogens with zero attached hydrogens (tertiary/aromatic N) is 3. The number of hydrogen-bond acceptors (Lipinski definition) is 3. The molecule has 4 nitrogen and oxygen atoms in total. The molecule has 2 aliphatic rings. The number of carbonyl (C=O) groups excluding carboxylic acids is 1. The van der Waals surface area contributed by atoms with Crippen LogP contribution < -0.4 is 4.90 Å². The van der Waals surface area contributed by atoms with Gasteiger partial charge in [-0.3, -0.25) is 9.78 Å². The van der Waals surface area contributed by atoms with Gasteiger partial charge in [-0.2, -0.15) is 0 Å². The van der Waals surface area contributed by atoms with Crippen LogP contribution in [-0.2, 0) is 4.79 Å². The minimum Gasteiger partial charge on any atom is -0.368 e. The van der Waals surface area contributed by atoms with Crippen molar-refractivity contribution in [2.75, 3.05) is 31.1 Å². The molecule has 4 heteroatoms. The first-order chi connectivity index (χ1) is 10.2. The zero-order valence-electron chi connectivity index (χ0n) is 12.7. The van der Waals surface area contributed by atoms with Crippen LogP contribution in [0.4, 0.5) is 5.69 Å². The maximum Gasteiger partial charge on any atom is 0.223 e. The van der Waals surface area contributed by atoms with Gasteiger partial charge >= 0.3 is 0 Å². The predicted molar refractivity (Wildman–Crippen MR) is 84.2 cm³/mol. The number of piperazine rings is 1. The van der Waals surface area contributed by atoms with E-state index in [1.54, 1.807) is 0 Å². The molecule has 3 rings (SSSR count). The summed E-state index contributed by atoms with van der Waals surface area (Å²) in [6, 6.07) is 2.07. The van der Waals surface area contributed by atoms with Crippen molar-refractivity contribution < 1.29 is 4.79 Å². The lowest BCUT2D eigenvalue weighted by Gasteiger charge is -2.37. The van der Waals surface area contributed by atoms with E-state index in [0.29, 0.717) is 18.2 Å². The maximum absolute atomic E-state index is 12.3. The molecule has 1 saturated heterocycles. The summed E-state index contributed by atoms with van der Waals surface area (Å²) in [5.41, 5.74) is 2.45. The Kier molecular flexibility index (Phi) is 4.23. The molecule has 1 aliphatic heterocycles. The molecule has 1 aromatic rings. The van der Waals surface area contributed by atoms with Crippen molar-refractivity contribution in [1.82, 2.24) is 9.88 Å². The number of allylic oxidation sites excluding steroid dienone is 2. The van der Waals surface area contributed by atoms with E-state index in [0.717, 1.165) is 39.0 Å². The highest BCUT2D eigenvalue weighted by Crippen LogP contribution is 2.23. The molecular formula is C17H23N3O. The van der Waals surface area contributed by atoms with E-state index in [-0.39, 0.29) is 0 Å². The lowest BCUT2D eigenvalue weighted by Crippen LogP contribution is -2.49. The zero-order valence-corrected chi connectivity index (χ0v) is 12.7. The van der Waals surface area contributed by atoms with Gasteiger partial charge in [-0.15, -0.1) is 0 Å². The first kappa shape index (κ1) is 14.1. The minimum atomic E-state index is 0.317. The van der Waals surface area contributed by atoms with Crippen molar-refractivity contribution in [2.24, 2.45) is 5.92 Å². The summed E-state index contributed by atoms with van der Waals surface area (Å²) in [7, 11) is 0. The van der Waals surface area contributed by atoms with Gasteiger partial charge in [0.25, 0.3) is 0 Å². The van der Waals surface area contributed by atoms with Crippen LogP contribution >= 0.6 is 0 Å². The fourth-order valence-corrected chi connectivity index (χ4v) is 3.24. The first-order valence-electron chi connectivity index (χ1n) is 7.84. The number of carbonyl (C=O) groups is 1. The molecule has 0 spiro atoms. The summed E-state index contributed by atoms with van der Waals surface area (Å²) in [5, 5.41) is 0. The Hall–Kier alpha value is -1.84. The van der Waals surface area contributed by atoms with Crippen molar-refractivity contribution in [3.05, 3.63) is 36.2 Å². The summed E-state index contributed by atoms with van der Waals surface area (Å²) < 4.78 is 0. The molecule has 0 N–H and O–H groups in total. The van der Waals surface area contributed by atoms with Gasteiger partial charge in [0.1, 0.15) is 0 Å². The Morgan fingerprint density at radius 3 is 2.81 bits per heavy atom. The number of aromatic nitrogens is 1. The van der Waals surface area contributed by atoms with Gasteiger partial charge in [-0.25, -0.2) is 0 Å². The summed E-state index contributed by atoms with van der Waals surface area (Å²) in [5.74, 6) is 0.788. The largest absolute Gasteiger partial charge is 0.368 e. The van der Waals surface area contributed by atoms with E-state index in [9.17, 15) is 4.79 Å². The third kappa shape index (κ3) is 3.26. The van der Waals surface area contributed by atoms with Crippen LogP contribution in [-0.4, -0.2) is 42.0 Å². The van der Waals surface area contributed by atoms with E-state index in [1.165, 1.54) is 11.3 Å². The van der Waals surface area contributed by atoms with Crippen molar-refractivity contribution in [3.8, 4) is 0 Å². The fourth-order valence-electron chi connectivity index (χ4n) is 3.24. The molecule has 0 bridgehead atoms. The molecule has 21 heavy (non-hydrogen) atoms. The number of anilines is 1. The highest BCUT2D eigenvalue weighted by Gasteiger charge is 2.24. The number of pyridine rings is 1. The third-order valence-corrected chi connectivity index (χ3v) is 4.51. The summed E-state index contributed by atoms with van der Waals surface area (Å²) in [6.07, 6.45) is 11.1. The van der Waals surface area contributed by atoms with Crippen LogP contribution in [0.15, 0.2) is 30.6 Å². The third-order valence-electron chi connectivity index (χ3n) is 4.51. The molecule has 1 aromatic heterocycles. The minimum absolute atomic E-state index is 0.317. The Balaban J connectivity index is 1.54. The maximum atomic E-state index is 12.3. The number of amides is 1. The lowest BCUT2D eigenvalue weighted by atomic mass is 10.0. The Morgan fingerprint density at radius 2 is 2.14 bits per heavy atom. The molecule has 1 fully saturated rings. The van der Waals surface area contributed by atoms with E-state index in [1.807, 2.05) is 17.3 Å². The Morgan fingerprint density at radius 1 is 1.33 bits per heavy atom. The molecule has 0 radical (unpaired) electrons. The van der Waals surface area contributed by atoms with Gasteiger partial charge in [-0.05, 0) is 37.3 Å². The van der Waals surface area contributed by atoms with Crippen molar-refractivity contribution in [2.45, 2.75) is 26.2 Å². The summed E-state index contributed by atoms with van der Waals surface area (Å²) >= 11 is 0. The van der Waals surface area contributed by atoms with Gasteiger partial charge in [-0.1, -0.05) is 12.2 Å². The van der Waals surface area contributed by atoms with Gasteiger partial charge in [0.2, 0.25) is 5.91 Å². The highest BCUT2D eigenvalue weighted by molar-refractivity contribution is 5.77. The summed E-state index contributed by atoms with van der Waals surface area (Å²) in [6.45, 7) is 5.58. The molecule has 1 atom stereocenters. The lowest BCUT2D eigenvalue weighted by molar-refractivity contribution is -0.132. The quantitative estimate of drug-likeness (QED) is 0.800. The number of aryl methyl sites for hydroxylation is 1. The van der Waals surface area contributed by atoms with Crippen molar-refractivity contribution >= 4 is 11.6 Å². The average Bonchev–Trinajstić information content (AvgIpc) is 3.01. The highest BCUT2D eigenvalue weighted by atomic mass is 16.2. The van der Waals surface area contributed by atoms with E-state index in [2.05, 4.69) is 35.0 Å². The molecule has 2 heterocycles. The molecule has 1 unspecified atom stereocenters. The monoisotopic (exact) mass is 285 g/mol. The topological polar surface area (TPSA) is 36.4 Å². The van der Waals surface area contributed by atoms with Crippen LogP contribution in [0.25, 0.3) is 0 Å². The van der Waals surface area contributed by atoms with Crippen molar-refractivity contribution in [3.63, 3.8) is 0 Å². The van der Waals surface area contributed by atoms with Crippen LogP contribution in [0.2, 0.25) is 0 Å². The smallest absolute Gasteiger partial charge is 0.223 e. The standard InChI is InChI=1S/C17H23N3O/c1-14-13-18-7-6-16(14)19-8-10-20(11-9-19)17(21)12-15-4-2-3-5-15/h2,4,6-7,13,15H,3,5,8-12H2,1H3. The fraction of sp³-hybridized carbons (Fsp3) is 0.529. The van der Waals surface area contributed by atoms with Crippen LogP contribution in [0.5, 0.6) is 0 Å². The van der Waals surface area contributed by atoms with Gasteiger partial charge in [0.15, 0.2) is 0 Å². The van der Waals surface area contributed by atoms with E-state index in [4.69, 9.17) is 0 Å². The number of rotatable bonds is 3. The van der Waals surface area contributed by atoms with Crippen LogP contribution in [0.3, 0.4) is 0 Å². The SMILES string of the molecule is Cc1cnccc1N1CCN(C(=O)CC2C=CCC2)CC1. The number of hydrogen-bond donors (Lipinski definition) is 0. The van der Waals surface area contributed by atoms with Gasteiger partial charge in [0.05, 0.1) is 0 Å². The first-order valence-corrected chi connectivity index (χ1v) is 7.84. The van der Waals surface area contributed by atoms with Gasteiger partial charge in [0, 0.05) is 50.7 Å². The average molecular weight is 285 g/mol. The second-order valence-corrected chi connectivity index (χ2v) is 6.00. The predicted octanol–water partition coefficient (Wildman–Crippen LogP) is 2.39. The zero-order chi connectivity index (χ0) is 14.7. The second-order valence-electron chi connectivity index (χ2n) is 6.00. The van der Waals surface area contributed by atoms with Crippen LogP contribution in [0, 0.1) is 12.8 Å². The normalized spacial score (nSPS) is 21.9. The van der Waals surface area contributed by atoms with Crippen LogP contribution in [0.1, 0.15) is 24.8 Å². The molecular weight excluding hydrogens is 262 g/mol. The Labute approximate surface area is 126 Å². The molecule has 112 valence electrons. The van der Waals surface area contributed by atoms with E-state index >= 15 is 0 Å². The van der Waals surface area contributed by atoms with Gasteiger partial charge < -0.3 is 9.80 Å². The molecule has 0 aromatic carbocycles. The molecule has 1 amide bonds. The molecule has 1 aliphatic carbocycles. The molecule has 0 saturated carbocycles. The van der Waals surface area contributed by atoms with Crippen molar-refractivity contribution in [1.29, 1.82) is 0 Å². The Bertz CT molecular complexity index is 533.